The SMILES string of the molecule is COC1(CC(=O)c2ccnn2C)CCC1. The van der Waals surface area contributed by atoms with E-state index in [9.17, 15) is 4.79 Å². The number of aromatic nitrogens is 2. The lowest BCUT2D eigenvalue weighted by Gasteiger charge is -2.39. The lowest BCUT2D eigenvalue weighted by molar-refractivity contribution is -0.0706. The van der Waals surface area contributed by atoms with E-state index < -0.39 is 0 Å². The average Bonchev–Trinajstić information content (AvgIpc) is 2.58. The highest BCUT2D eigenvalue weighted by Gasteiger charge is 2.39. The predicted octanol–water partition coefficient (Wildman–Crippen LogP) is 1.56. The van der Waals surface area contributed by atoms with Gasteiger partial charge in [-0.3, -0.25) is 9.48 Å². The Bertz CT molecular complexity index is 361. The molecule has 0 aromatic carbocycles. The summed E-state index contributed by atoms with van der Waals surface area (Å²) in [4.78, 5) is 12.0. The topological polar surface area (TPSA) is 44.1 Å². The third-order valence-corrected chi connectivity index (χ3v) is 3.29. The Morgan fingerprint density at radius 1 is 1.67 bits per heavy atom. The summed E-state index contributed by atoms with van der Waals surface area (Å²) < 4.78 is 7.05. The Hall–Kier alpha value is -1.16. The first kappa shape index (κ1) is 10.4. The molecule has 4 nitrogen and oxygen atoms in total. The molecule has 0 bridgehead atoms. The van der Waals surface area contributed by atoms with Gasteiger partial charge in [-0.15, -0.1) is 0 Å². The molecule has 1 aromatic heterocycles. The van der Waals surface area contributed by atoms with E-state index in [4.69, 9.17) is 4.74 Å². The van der Waals surface area contributed by atoms with Gasteiger partial charge in [0.05, 0.1) is 5.60 Å². The van der Waals surface area contributed by atoms with E-state index in [-0.39, 0.29) is 11.4 Å². The van der Waals surface area contributed by atoms with Crippen molar-refractivity contribution in [2.24, 2.45) is 7.05 Å². The molecule has 2 rings (SSSR count). The van der Waals surface area contributed by atoms with Crippen molar-refractivity contribution in [2.75, 3.05) is 7.11 Å². The summed E-state index contributed by atoms with van der Waals surface area (Å²) in [6, 6.07) is 1.75. The van der Waals surface area contributed by atoms with Crippen LogP contribution < -0.4 is 0 Å². The largest absolute Gasteiger partial charge is 0.378 e. The highest BCUT2D eigenvalue weighted by atomic mass is 16.5. The van der Waals surface area contributed by atoms with Gasteiger partial charge in [0, 0.05) is 26.8 Å². The molecule has 0 atom stereocenters. The van der Waals surface area contributed by atoms with Crippen LogP contribution in [0.25, 0.3) is 0 Å². The van der Waals surface area contributed by atoms with Crippen molar-refractivity contribution in [3.8, 4) is 0 Å². The number of ether oxygens (including phenoxy) is 1. The molecule has 1 aromatic rings. The number of carbonyl (C=O) groups is 1. The van der Waals surface area contributed by atoms with Gasteiger partial charge in [0.15, 0.2) is 5.78 Å². The molecular weight excluding hydrogens is 192 g/mol. The van der Waals surface area contributed by atoms with Gasteiger partial charge in [0.1, 0.15) is 5.69 Å². The Morgan fingerprint density at radius 3 is 2.80 bits per heavy atom. The minimum atomic E-state index is -0.193. The first-order valence-corrected chi connectivity index (χ1v) is 5.23. The number of aryl methyl sites for hydroxylation is 1. The molecule has 1 fully saturated rings. The van der Waals surface area contributed by atoms with Gasteiger partial charge >= 0.3 is 0 Å². The van der Waals surface area contributed by atoms with Gasteiger partial charge in [-0.05, 0) is 25.3 Å². The Balaban J connectivity index is 2.07. The molecule has 15 heavy (non-hydrogen) atoms. The quantitative estimate of drug-likeness (QED) is 0.705. The molecule has 0 spiro atoms. The molecule has 1 aliphatic carbocycles. The third-order valence-electron chi connectivity index (χ3n) is 3.29. The highest BCUT2D eigenvalue weighted by Crippen LogP contribution is 2.38. The summed E-state index contributed by atoms with van der Waals surface area (Å²) in [7, 11) is 3.48. The van der Waals surface area contributed by atoms with Crippen molar-refractivity contribution in [3.63, 3.8) is 0 Å². The van der Waals surface area contributed by atoms with Crippen LogP contribution in [-0.2, 0) is 11.8 Å². The summed E-state index contributed by atoms with van der Waals surface area (Å²) in [5, 5.41) is 3.99. The van der Waals surface area contributed by atoms with E-state index in [1.54, 1.807) is 31.1 Å². The molecular formula is C11H16N2O2. The second kappa shape index (κ2) is 3.77. The van der Waals surface area contributed by atoms with Crippen LogP contribution in [0.15, 0.2) is 12.3 Å². The van der Waals surface area contributed by atoms with Gasteiger partial charge in [0.25, 0.3) is 0 Å². The van der Waals surface area contributed by atoms with Crippen LogP contribution >= 0.6 is 0 Å². The van der Waals surface area contributed by atoms with Crippen molar-refractivity contribution >= 4 is 5.78 Å². The Labute approximate surface area is 89.2 Å². The highest BCUT2D eigenvalue weighted by molar-refractivity contribution is 5.95. The van der Waals surface area contributed by atoms with E-state index in [0.29, 0.717) is 12.1 Å². The first-order valence-electron chi connectivity index (χ1n) is 5.23. The fourth-order valence-corrected chi connectivity index (χ4v) is 2.05. The maximum Gasteiger partial charge on any atom is 0.183 e. The molecule has 0 radical (unpaired) electrons. The van der Waals surface area contributed by atoms with Crippen LogP contribution in [0.3, 0.4) is 0 Å². The molecule has 0 unspecified atom stereocenters. The van der Waals surface area contributed by atoms with Crippen molar-refractivity contribution in [1.82, 2.24) is 9.78 Å². The van der Waals surface area contributed by atoms with Crippen LogP contribution in [0.2, 0.25) is 0 Å². The summed E-state index contributed by atoms with van der Waals surface area (Å²) in [6.07, 6.45) is 5.27. The molecule has 0 aliphatic heterocycles. The normalized spacial score (nSPS) is 18.5. The molecule has 0 amide bonds. The van der Waals surface area contributed by atoms with E-state index >= 15 is 0 Å². The number of hydrogen-bond acceptors (Lipinski definition) is 3. The molecule has 0 saturated heterocycles. The summed E-state index contributed by atoms with van der Waals surface area (Å²) in [6.45, 7) is 0. The standard InChI is InChI=1S/C11H16N2O2/c1-13-9(4-7-12-13)10(14)8-11(15-2)5-3-6-11/h4,7H,3,5-6,8H2,1-2H3. The zero-order chi connectivity index (χ0) is 10.9. The Kier molecular flexibility index (Phi) is 2.61. The molecule has 1 heterocycles. The van der Waals surface area contributed by atoms with Crippen LogP contribution in [-0.4, -0.2) is 28.3 Å². The molecule has 0 N–H and O–H groups in total. The monoisotopic (exact) mass is 208 g/mol. The number of methoxy groups -OCH3 is 1. The average molecular weight is 208 g/mol. The second-order valence-electron chi connectivity index (χ2n) is 4.18. The van der Waals surface area contributed by atoms with Gasteiger partial charge in [-0.25, -0.2) is 0 Å². The summed E-state index contributed by atoms with van der Waals surface area (Å²) >= 11 is 0. The zero-order valence-corrected chi connectivity index (χ0v) is 9.19. The fourth-order valence-electron chi connectivity index (χ4n) is 2.05. The molecule has 4 heteroatoms. The van der Waals surface area contributed by atoms with E-state index in [1.807, 2.05) is 0 Å². The minimum Gasteiger partial charge on any atom is -0.378 e. The van der Waals surface area contributed by atoms with Crippen molar-refractivity contribution < 1.29 is 9.53 Å². The summed E-state index contributed by atoms with van der Waals surface area (Å²) in [5.41, 5.74) is 0.472. The van der Waals surface area contributed by atoms with Gasteiger partial charge in [-0.2, -0.15) is 5.10 Å². The number of carbonyl (C=O) groups excluding carboxylic acids is 1. The molecule has 1 aliphatic rings. The van der Waals surface area contributed by atoms with E-state index in [1.165, 1.54) is 0 Å². The van der Waals surface area contributed by atoms with Crippen LogP contribution in [0, 0.1) is 0 Å². The van der Waals surface area contributed by atoms with Gasteiger partial charge in [0.2, 0.25) is 0 Å². The molecule has 82 valence electrons. The number of ketones is 1. The van der Waals surface area contributed by atoms with Gasteiger partial charge in [-0.1, -0.05) is 0 Å². The number of rotatable bonds is 4. The second-order valence-corrected chi connectivity index (χ2v) is 4.18. The fraction of sp³-hybridized carbons (Fsp3) is 0.636. The summed E-state index contributed by atoms with van der Waals surface area (Å²) in [5.74, 6) is 0.122. The van der Waals surface area contributed by atoms with E-state index in [2.05, 4.69) is 5.10 Å². The Morgan fingerprint density at radius 2 is 2.40 bits per heavy atom. The number of hydrogen-bond donors (Lipinski definition) is 0. The van der Waals surface area contributed by atoms with Crippen molar-refractivity contribution in [3.05, 3.63) is 18.0 Å². The third kappa shape index (κ3) is 1.81. The van der Waals surface area contributed by atoms with E-state index in [0.717, 1.165) is 19.3 Å². The van der Waals surface area contributed by atoms with Crippen molar-refractivity contribution in [2.45, 2.75) is 31.3 Å². The van der Waals surface area contributed by atoms with Gasteiger partial charge < -0.3 is 4.74 Å². The minimum absolute atomic E-state index is 0.122. The lowest BCUT2D eigenvalue weighted by Crippen LogP contribution is -2.41. The zero-order valence-electron chi connectivity index (χ0n) is 9.19. The lowest BCUT2D eigenvalue weighted by atomic mass is 9.76. The number of nitrogens with zero attached hydrogens (tertiary/aromatic N) is 2. The van der Waals surface area contributed by atoms with Crippen LogP contribution in [0.4, 0.5) is 0 Å². The first-order chi connectivity index (χ1) is 7.17. The predicted molar refractivity (Wildman–Crippen MR) is 55.7 cm³/mol. The van der Waals surface area contributed by atoms with Crippen LogP contribution in [0.5, 0.6) is 0 Å². The van der Waals surface area contributed by atoms with Crippen molar-refractivity contribution in [1.29, 1.82) is 0 Å². The molecule has 1 saturated carbocycles. The smallest absolute Gasteiger partial charge is 0.183 e. The maximum atomic E-state index is 12.0. The number of Topliss-reactive ketones (excluding diaryl/α,β-unsaturated/α-hetero) is 1. The van der Waals surface area contributed by atoms with Crippen LogP contribution in [0.1, 0.15) is 36.2 Å². The maximum absolute atomic E-state index is 12.0.